The minimum Gasteiger partial charge on any atom is -0.322 e. The van der Waals surface area contributed by atoms with Gasteiger partial charge in [0.1, 0.15) is 6.33 Å². The van der Waals surface area contributed by atoms with Crippen molar-refractivity contribution in [2.45, 2.75) is 13.1 Å². The molecule has 1 heterocycles. The van der Waals surface area contributed by atoms with Crippen LogP contribution in [-0.4, -0.2) is 26.1 Å². The summed E-state index contributed by atoms with van der Waals surface area (Å²) in [5.74, 6) is -0.509. The number of halogens is 3. The van der Waals surface area contributed by atoms with E-state index >= 15 is 0 Å². The van der Waals surface area contributed by atoms with E-state index in [1.165, 1.54) is 11.0 Å². The van der Waals surface area contributed by atoms with E-state index in [9.17, 15) is 18.0 Å². The van der Waals surface area contributed by atoms with Gasteiger partial charge in [0, 0.05) is 11.3 Å². The minimum absolute atomic E-state index is 0.125. The Balaban J connectivity index is 1.83. The molecule has 128 valence electrons. The molecule has 9 heteroatoms. The average molecular weight is 347 g/mol. The molecule has 0 spiro atoms. The Morgan fingerprint density at radius 1 is 1.12 bits per heavy atom. The van der Waals surface area contributed by atoms with Crippen LogP contribution in [0.3, 0.4) is 0 Å². The van der Waals surface area contributed by atoms with E-state index in [0.29, 0.717) is 11.4 Å². The van der Waals surface area contributed by atoms with Crippen LogP contribution in [0.1, 0.15) is 21.5 Å². The summed E-state index contributed by atoms with van der Waals surface area (Å²) in [7, 11) is 0. The van der Waals surface area contributed by atoms with Gasteiger partial charge in [-0.05, 0) is 59.3 Å². The molecular weight excluding hydrogens is 335 g/mol. The first-order valence-electron chi connectivity index (χ1n) is 7.18. The van der Waals surface area contributed by atoms with E-state index in [-0.39, 0.29) is 5.56 Å². The van der Waals surface area contributed by atoms with Gasteiger partial charge in [-0.1, -0.05) is 6.07 Å². The number of benzene rings is 2. The fourth-order valence-corrected chi connectivity index (χ4v) is 2.28. The molecule has 0 saturated heterocycles. The lowest BCUT2D eigenvalue weighted by Gasteiger charge is -2.12. The van der Waals surface area contributed by atoms with E-state index in [1.807, 2.05) is 0 Å². The van der Waals surface area contributed by atoms with Crippen molar-refractivity contribution in [1.29, 1.82) is 0 Å². The van der Waals surface area contributed by atoms with Gasteiger partial charge in [-0.2, -0.15) is 13.2 Å². The van der Waals surface area contributed by atoms with E-state index in [0.717, 1.165) is 29.8 Å². The van der Waals surface area contributed by atoms with Crippen molar-refractivity contribution in [1.82, 2.24) is 20.2 Å². The van der Waals surface area contributed by atoms with E-state index < -0.39 is 17.6 Å². The van der Waals surface area contributed by atoms with Gasteiger partial charge in [-0.15, -0.1) is 5.10 Å². The van der Waals surface area contributed by atoms with Gasteiger partial charge in [-0.25, -0.2) is 4.68 Å². The molecule has 25 heavy (non-hydrogen) atoms. The number of amides is 1. The Labute approximate surface area is 140 Å². The average Bonchev–Trinajstić information content (AvgIpc) is 3.10. The van der Waals surface area contributed by atoms with Crippen LogP contribution in [0.2, 0.25) is 0 Å². The van der Waals surface area contributed by atoms with E-state index in [1.54, 1.807) is 25.1 Å². The molecule has 0 aliphatic rings. The number of rotatable bonds is 3. The highest BCUT2D eigenvalue weighted by atomic mass is 19.4. The quantitative estimate of drug-likeness (QED) is 0.789. The predicted octanol–water partition coefficient (Wildman–Crippen LogP) is 3.24. The van der Waals surface area contributed by atoms with Crippen LogP contribution in [0.25, 0.3) is 5.69 Å². The topological polar surface area (TPSA) is 72.7 Å². The second kappa shape index (κ2) is 6.34. The lowest BCUT2D eigenvalue weighted by atomic mass is 10.1. The number of hydrogen-bond donors (Lipinski definition) is 1. The van der Waals surface area contributed by atoms with Crippen molar-refractivity contribution < 1.29 is 18.0 Å². The summed E-state index contributed by atoms with van der Waals surface area (Å²) in [5, 5.41) is 13.6. The highest BCUT2D eigenvalue weighted by Crippen LogP contribution is 2.29. The zero-order valence-corrected chi connectivity index (χ0v) is 12.9. The van der Waals surface area contributed by atoms with Crippen molar-refractivity contribution in [2.24, 2.45) is 0 Å². The lowest BCUT2D eigenvalue weighted by molar-refractivity contribution is -0.137. The fraction of sp³-hybridized carbons (Fsp3) is 0.125. The monoisotopic (exact) mass is 347 g/mol. The number of aromatic nitrogens is 4. The highest BCUT2D eigenvalue weighted by Gasteiger charge is 2.30. The third-order valence-corrected chi connectivity index (χ3v) is 3.62. The first kappa shape index (κ1) is 16.6. The highest BCUT2D eigenvalue weighted by molar-refractivity contribution is 6.04. The lowest BCUT2D eigenvalue weighted by Crippen LogP contribution is -2.14. The molecule has 1 aromatic heterocycles. The molecule has 1 N–H and O–H groups in total. The van der Waals surface area contributed by atoms with Gasteiger partial charge in [0.05, 0.1) is 11.3 Å². The van der Waals surface area contributed by atoms with Gasteiger partial charge < -0.3 is 5.32 Å². The second-order valence-corrected chi connectivity index (χ2v) is 5.23. The largest absolute Gasteiger partial charge is 0.416 e. The van der Waals surface area contributed by atoms with Crippen molar-refractivity contribution in [2.75, 3.05) is 5.32 Å². The standard InChI is InChI=1S/C16H12F3N5O/c1-10-13(3-2-4-14(10)24-9-20-22-23-24)21-15(25)11-5-7-12(8-6-11)16(17,18)19/h2-9H,1H3,(H,21,25). The Kier molecular flexibility index (Phi) is 4.22. The number of nitrogens with zero attached hydrogens (tertiary/aromatic N) is 4. The molecule has 0 saturated carbocycles. The normalized spacial score (nSPS) is 11.4. The molecular formula is C16H12F3N5O. The van der Waals surface area contributed by atoms with Crippen LogP contribution < -0.4 is 5.32 Å². The van der Waals surface area contributed by atoms with Crippen LogP contribution >= 0.6 is 0 Å². The molecule has 0 aliphatic heterocycles. The molecule has 0 unspecified atom stereocenters. The zero-order chi connectivity index (χ0) is 18.0. The summed E-state index contributed by atoms with van der Waals surface area (Å²) < 4.78 is 39.2. The Morgan fingerprint density at radius 2 is 1.84 bits per heavy atom. The first-order valence-corrected chi connectivity index (χ1v) is 7.18. The molecule has 0 fully saturated rings. The van der Waals surface area contributed by atoms with Gasteiger partial charge >= 0.3 is 6.18 Å². The van der Waals surface area contributed by atoms with Crippen molar-refractivity contribution in [3.8, 4) is 5.69 Å². The summed E-state index contributed by atoms with van der Waals surface area (Å²) in [5.41, 5.74) is 1.23. The molecule has 3 rings (SSSR count). The number of alkyl halides is 3. The summed E-state index contributed by atoms with van der Waals surface area (Å²) >= 11 is 0. The first-order chi connectivity index (χ1) is 11.9. The summed E-state index contributed by atoms with van der Waals surface area (Å²) in [6.07, 6.45) is -3.02. The molecule has 1 amide bonds. The molecule has 6 nitrogen and oxygen atoms in total. The number of carbonyl (C=O) groups excluding carboxylic acids is 1. The van der Waals surface area contributed by atoms with Crippen molar-refractivity contribution in [3.05, 3.63) is 65.5 Å². The minimum atomic E-state index is -4.44. The maximum absolute atomic E-state index is 12.6. The molecule has 0 aliphatic carbocycles. The van der Waals surface area contributed by atoms with Crippen LogP contribution in [0.5, 0.6) is 0 Å². The number of anilines is 1. The third kappa shape index (κ3) is 3.49. The van der Waals surface area contributed by atoms with Gasteiger partial charge in [0.15, 0.2) is 0 Å². The second-order valence-electron chi connectivity index (χ2n) is 5.23. The Morgan fingerprint density at radius 3 is 2.44 bits per heavy atom. The van der Waals surface area contributed by atoms with Gasteiger partial charge in [0.25, 0.3) is 5.91 Å². The molecule has 2 aromatic carbocycles. The maximum atomic E-state index is 12.6. The fourth-order valence-electron chi connectivity index (χ4n) is 2.28. The summed E-state index contributed by atoms with van der Waals surface area (Å²) in [6, 6.07) is 9.20. The zero-order valence-electron chi connectivity index (χ0n) is 12.9. The number of hydrogen-bond acceptors (Lipinski definition) is 4. The molecule has 0 bridgehead atoms. The molecule has 0 radical (unpaired) electrons. The van der Waals surface area contributed by atoms with Gasteiger partial charge in [-0.3, -0.25) is 4.79 Å². The smallest absolute Gasteiger partial charge is 0.322 e. The van der Waals surface area contributed by atoms with Gasteiger partial charge in [0.2, 0.25) is 0 Å². The number of tetrazole rings is 1. The van der Waals surface area contributed by atoms with Crippen LogP contribution in [0.4, 0.5) is 18.9 Å². The van der Waals surface area contributed by atoms with Crippen LogP contribution in [-0.2, 0) is 6.18 Å². The van der Waals surface area contributed by atoms with E-state index in [2.05, 4.69) is 20.8 Å². The summed E-state index contributed by atoms with van der Waals surface area (Å²) in [6.45, 7) is 1.78. The van der Waals surface area contributed by atoms with Crippen LogP contribution in [0, 0.1) is 6.92 Å². The summed E-state index contributed by atoms with van der Waals surface area (Å²) in [4.78, 5) is 12.3. The van der Waals surface area contributed by atoms with Crippen molar-refractivity contribution in [3.63, 3.8) is 0 Å². The Bertz CT molecular complexity index is 889. The van der Waals surface area contributed by atoms with E-state index in [4.69, 9.17) is 0 Å². The van der Waals surface area contributed by atoms with Crippen LogP contribution in [0.15, 0.2) is 48.8 Å². The Hall–Kier alpha value is -3.23. The third-order valence-electron chi connectivity index (χ3n) is 3.62. The number of carbonyl (C=O) groups is 1. The molecule has 3 aromatic rings. The predicted molar refractivity (Wildman–Crippen MR) is 83.3 cm³/mol. The molecule has 0 atom stereocenters. The van der Waals surface area contributed by atoms with Crippen molar-refractivity contribution >= 4 is 11.6 Å². The SMILES string of the molecule is Cc1c(NC(=O)c2ccc(C(F)(F)F)cc2)cccc1-n1cnnn1. The maximum Gasteiger partial charge on any atom is 0.416 e. The number of nitrogens with one attached hydrogen (secondary N) is 1.